The van der Waals surface area contributed by atoms with E-state index in [0.29, 0.717) is 63.1 Å². The summed E-state index contributed by atoms with van der Waals surface area (Å²) in [4.78, 5) is 62.2. The Balaban J connectivity index is 1.35. The number of morpholine rings is 1. The van der Waals surface area contributed by atoms with Gasteiger partial charge in [0.2, 0.25) is 17.7 Å². The summed E-state index contributed by atoms with van der Waals surface area (Å²) in [5, 5.41) is 12.4. The second-order valence-corrected chi connectivity index (χ2v) is 14.3. The normalized spacial score (nSPS) is 31.8. The number of hydrogen-bond donors (Lipinski definition) is 2. The third-order valence-corrected chi connectivity index (χ3v) is 11.0. The molecule has 13 heteroatoms. The highest BCUT2D eigenvalue weighted by atomic mass is 79.9. The van der Waals surface area contributed by atoms with Gasteiger partial charge in [-0.2, -0.15) is 0 Å². The minimum Gasteiger partial charge on any atom is -0.463 e. The number of cyclic esters (lactones) is 1. The van der Waals surface area contributed by atoms with Crippen molar-refractivity contribution in [2.45, 2.75) is 62.3 Å². The van der Waals surface area contributed by atoms with Crippen molar-refractivity contribution in [2.24, 2.45) is 11.8 Å². The highest BCUT2D eigenvalue weighted by Gasteiger charge is 2.74. The minimum absolute atomic E-state index is 0.0618. The van der Waals surface area contributed by atoms with E-state index in [4.69, 9.17) is 14.2 Å². The molecule has 3 fully saturated rings. The van der Waals surface area contributed by atoms with E-state index >= 15 is 0 Å². The third kappa shape index (κ3) is 7.65. The second kappa shape index (κ2) is 16.3. The number of halogens is 1. The Hall–Kier alpha value is -3.10. The molecule has 266 valence electrons. The van der Waals surface area contributed by atoms with Crippen LogP contribution >= 0.6 is 15.9 Å². The fourth-order valence-electron chi connectivity index (χ4n) is 7.78. The summed E-state index contributed by atoms with van der Waals surface area (Å²) < 4.78 is 18.5. The van der Waals surface area contributed by atoms with Crippen LogP contribution in [0.5, 0.6) is 0 Å². The molecule has 2 N–H and O–H groups in total. The molecule has 3 saturated heterocycles. The van der Waals surface area contributed by atoms with Crippen LogP contribution in [0.4, 0.5) is 0 Å². The van der Waals surface area contributed by atoms with Crippen molar-refractivity contribution in [3.05, 3.63) is 58.6 Å². The van der Waals surface area contributed by atoms with E-state index in [9.17, 15) is 24.3 Å². The number of rotatable bonds is 10. The zero-order chi connectivity index (χ0) is 34.4. The summed E-state index contributed by atoms with van der Waals surface area (Å²) in [6.07, 6.45) is 8.40. The van der Waals surface area contributed by atoms with Gasteiger partial charge in [-0.1, -0.05) is 71.3 Å². The lowest BCUT2D eigenvalue weighted by atomic mass is 9.74. The van der Waals surface area contributed by atoms with Crippen LogP contribution in [0.15, 0.2) is 53.0 Å². The molecule has 6 atom stereocenters. The SMILES string of the molecule is O=C1CC/C=C\CN(CCN2CCOCC2)C(=O)[C@H]2N(CCCCCCO)C(=O)[C@@H]3[C@@H](C(=O)N[C@@H](c4ccccc4)CO1)[C@@H]1O[C@@]32C=C1Br. The smallest absolute Gasteiger partial charge is 0.306 e. The van der Waals surface area contributed by atoms with Crippen LogP contribution in [0.3, 0.4) is 0 Å². The van der Waals surface area contributed by atoms with Crippen molar-refractivity contribution >= 4 is 39.6 Å². The van der Waals surface area contributed by atoms with E-state index in [-0.39, 0.29) is 37.4 Å². The number of benzene rings is 1. The first-order valence-corrected chi connectivity index (χ1v) is 18.4. The topological polar surface area (TPSA) is 138 Å². The molecule has 1 aromatic carbocycles. The maximum atomic E-state index is 14.9. The quantitative estimate of drug-likeness (QED) is 0.210. The van der Waals surface area contributed by atoms with Gasteiger partial charge in [-0.15, -0.1) is 0 Å². The van der Waals surface area contributed by atoms with Crippen molar-refractivity contribution in [3.63, 3.8) is 0 Å². The molecule has 0 radical (unpaired) electrons. The number of fused-ring (bicyclic) bond motifs is 2. The Morgan fingerprint density at radius 2 is 1.71 bits per heavy atom. The molecule has 6 rings (SSSR count). The van der Waals surface area contributed by atoms with Crippen molar-refractivity contribution < 1.29 is 38.5 Å². The number of allylic oxidation sites excluding steroid dienone is 1. The first-order chi connectivity index (χ1) is 23.8. The van der Waals surface area contributed by atoms with E-state index in [1.165, 1.54) is 0 Å². The lowest BCUT2D eigenvalue weighted by molar-refractivity contribution is -0.148. The molecule has 1 spiro atoms. The number of carbonyl (C=O) groups is 4. The Morgan fingerprint density at radius 1 is 0.939 bits per heavy atom. The number of esters is 1. The third-order valence-electron chi connectivity index (χ3n) is 10.3. The Kier molecular flexibility index (Phi) is 11.9. The molecule has 0 aliphatic carbocycles. The summed E-state index contributed by atoms with van der Waals surface area (Å²) in [6.45, 7) is 4.56. The summed E-state index contributed by atoms with van der Waals surface area (Å²) in [5.41, 5.74) is -0.560. The van der Waals surface area contributed by atoms with Crippen LogP contribution < -0.4 is 5.32 Å². The molecule has 3 amide bonds. The first kappa shape index (κ1) is 35.7. The number of nitrogens with zero attached hydrogens (tertiary/aromatic N) is 3. The number of nitrogens with one attached hydrogen (secondary N) is 1. The predicted octanol–water partition coefficient (Wildman–Crippen LogP) is 2.32. The van der Waals surface area contributed by atoms with Gasteiger partial charge >= 0.3 is 5.97 Å². The van der Waals surface area contributed by atoms with Crippen molar-refractivity contribution in [2.75, 3.05) is 65.7 Å². The second-order valence-electron chi connectivity index (χ2n) is 13.4. The van der Waals surface area contributed by atoms with Gasteiger partial charge in [0.1, 0.15) is 24.4 Å². The highest BCUT2D eigenvalue weighted by molar-refractivity contribution is 9.11. The molecule has 0 aromatic heterocycles. The Bertz CT molecular complexity index is 1420. The lowest BCUT2D eigenvalue weighted by Gasteiger charge is -2.37. The molecule has 0 saturated carbocycles. The van der Waals surface area contributed by atoms with Crippen LogP contribution in [-0.2, 0) is 33.4 Å². The maximum Gasteiger partial charge on any atom is 0.306 e. The number of unbranched alkanes of at least 4 members (excludes halogenated alkanes) is 3. The lowest BCUT2D eigenvalue weighted by Crippen LogP contribution is -2.57. The van der Waals surface area contributed by atoms with Crippen LogP contribution in [0.2, 0.25) is 0 Å². The van der Waals surface area contributed by atoms with Gasteiger partial charge in [-0.05, 0) is 30.9 Å². The van der Waals surface area contributed by atoms with Gasteiger partial charge in [0.15, 0.2) is 0 Å². The number of likely N-dealkylation sites (tertiary alicyclic amines) is 1. The van der Waals surface area contributed by atoms with Crippen LogP contribution in [0.25, 0.3) is 0 Å². The Morgan fingerprint density at radius 3 is 2.49 bits per heavy atom. The van der Waals surface area contributed by atoms with Crippen LogP contribution in [-0.4, -0.2) is 127 Å². The van der Waals surface area contributed by atoms with Gasteiger partial charge in [0.25, 0.3) is 0 Å². The largest absolute Gasteiger partial charge is 0.463 e. The van der Waals surface area contributed by atoms with E-state index in [0.717, 1.165) is 31.5 Å². The predicted molar refractivity (Wildman–Crippen MR) is 183 cm³/mol. The minimum atomic E-state index is -1.33. The molecule has 1 aromatic rings. The van der Waals surface area contributed by atoms with Crippen molar-refractivity contribution in [3.8, 4) is 0 Å². The average molecular weight is 744 g/mol. The fraction of sp³-hybridized carbons (Fsp3) is 0.611. The fourth-order valence-corrected chi connectivity index (χ4v) is 8.51. The molecule has 5 heterocycles. The van der Waals surface area contributed by atoms with Gasteiger partial charge in [0, 0.05) is 56.8 Å². The summed E-state index contributed by atoms with van der Waals surface area (Å²) in [6, 6.07) is 7.69. The number of aliphatic hydroxyl groups is 1. The van der Waals surface area contributed by atoms with Gasteiger partial charge in [0.05, 0.1) is 31.1 Å². The number of ether oxygens (including phenoxy) is 3. The first-order valence-electron chi connectivity index (χ1n) is 17.6. The molecular formula is C36H47BrN4O8. The molecular weight excluding hydrogens is 696 g/mol. The van der Waals surface area contributed by atoms with Gasteiger partial charge in [-0.25, -0.2) is 0 Å². The van der Waals surface area contributed by atoms with Crippen molar-refractivity contribution in [1.82, 2.24) is 20.0 Å². The number of carbonyl (C=O) groups excluding carboxylic acids is 4. The number of hydrogen-bond acceptors (Lipinski definition) is 9. The molecule has 5 aliphatic rings. The van der Waals surface area contributed by atoms with Crippen LogP contribution in [0.1, 0.15) is 50.1 Å². The van der Waals surface area contributed by atoms with Gasteiger partial charge in [-0.3, -0.25) is 24.1 Å². The van der Waals surface area contributed by atoms with Crippen molar-refractivity contribution in [1.29, 1.82) is 0 Å². The molecule has 0 unspecified atom stereocenters. The summed E-state index contributed by atoms with van der Waals surface area (Å²) in [5.74, 6) is -3.09. The van der Waals surface area contributed by atoms with Crippen LogP contribution in [0, 0.1) is 11.8 Å². The highest BCUT2D eigenvalue weighted by Crippen LogP contribution is 2.58. The van der Waals surface area contributed by atoms with E-state index in [1.807, 2.05) is 48.6 Å². The Labute approximate surface area is 295 Å². The zero-order valence-electron chi connectivity index (χ0n) is 27.8. The van der Waals surface area contributed by atoms with E-state index in [1.54, 1.807) is 9.80 Å². The summed E-state index contributed by atoms with van der Waals surface area (Å²) >= 11 is 3.64. The monoisotopic (exact) mass is 742 g/mol. The van der Waals surface area contributed by atoms with E-state index < -0.39 is 41.5 Å². The number of amides is 3. The molecule has 49 heavy (non-hydrogen) atoms. The molecule has 5 aliphatic heterocycles. The number of aliphatic hydroxyl groups excluding tert-OH is 1. The van der Waals surface area contributed by atoms with Gasteiger partial charge < -0.3 is 34.4 Å². The standard InChI is InChI=1S/C36H47BrN4O8/c37-26-23-36-30-29(31(26)49-36)33(44)38-27(25-11-5-3-6-12-25)24-48-28(43)13-7-4-8-14-40(17-16-39-18-21-47-22-19-39)35(46)32(36)41(34(30)45)15-9-1-2-10-20-42/h3-6,8,11-12,23,27,29-32,42H,1-2,7,9-10,13-22,24H2,(H,38,44)/b8-4-/t27-,29-,30+,31-,32-,36+/m1/s1. The van der Waals surface area contributed by atoms with E-state index in [2.05, 4.69) is 26.1 Å². The zero-order valence-corrected chi connectivity index (χ0v) is 29.4. The average Bonchev–Trinajstić information content (AvgIpc) is 3.70. The summed E-state index contributed by atoms with van der Waals surface area (Å²) in [7, 11) is 0. The molecule has 5 bridgehead atoms. The molecule has 12 nitrogen and oxygen atoms in total. The maximum absolute atomic E-state index is 14.9.